The quantitative estimate of drug-likeness (QED) is 0.638. The van der Waals surface area contributed by atoms with Crippen LogP contribution in [0.2, 0.25) is 0 Å². The largest absolute Gasteiger partial charge is 0.354 e. The monoisotopic (exact) mass is 373 g/mol. The van der Waals surface area contributed by atoms with Crippen molar-refractivity contribution in [3.05, 3.63) is 102 Å². The molecule has 0 spiro atoms. The fourth-order valence-corrected chi connectivity index (χ4v) is 2.87. The van der Waals surface area contributed by atoms with Crippen molar-refractivity contribution in [2.24, 2.45) is 0 Å². The molecule has 28 heavy (non-hydrogen) atoms. The molecule has 1 heterocycles. The van der Waals surface area contributed by atoms with Gasteiger partial charge in [-0.2, -0.15) is 0 Å². The van der Waals surface area contributed by atoms with Crippen LogP contribution in [0, 0.1) is 0 Å². The Labute approximate surface area is 164 Å². The molecular formula is C23H23N3O2. The van der Waals surface area contributed by atoms with Crippen LogP contribution in [0.15, 0.2) is 85.1 Å². The summed E-state index contributed by atoms with van der Waals surface area (Å²) in [5.74, 6) is -0.467. The predicted molar refractivity (Wildman–Crippen MR) is 109 cm³/mol. The van der Waals surface area contributed by atoms with Crippen LogP contribution >= 0.6 is 0 Å². The third-order valence-corrected chi connectivity index (χ3v) is 4.35. The Hall–Kier alpha value is -3.47. The fourth-order valence-electron chi connectivity index (χ4n) is 2.87. The highest BCUT2D eigenvalue weighted by molar-refractivity contribution is 5.97. The molecule has 0 unspecified atom stereocenters. The molecule has 0 saturated carbocycles. The molecule has 0 aliphatic heterocycles. The minimum Gasteiger partial charge on any atom is -0.354 e. The Morgan fingerprint density at radius 1 is 0.857 bits per heavy atom. The van der Waals surface area contributed by atoms with Crippen molar-refractivity contribution >= 4 is 11.8 Å². The maximum atomic E-state index is 12.8. The molecule has 0 fully saturated rings. The summed E-state index contributed by atoms with van der Waals surface area (Å²) >= 11 is 0. The van der Waals surface area contributed by atoms with Crippen molar-refractivity contribution in [2.45, 2.75) is 18.9 Å². The van der Waals surface area contributed by atoms with Gasteiger partial charge in [-0.25, -0.2) is 0 Å². The predicted octanol–water partition coefficient (Wildman–Crippen LogP) is 2.78. The number of amides is 2. The topological polar surface area (TPSA) is 71.1 Å². The van der Waals surface area contributed by atoms with Gasteiger partial charge < -0.3 is 10.6 Å². The first-order valence-corrected chi connectivity index (χ1v) is 9.30. The standard InChI is InChI=1S/C23H23N3O2/c27-22(19-11-5-2-6-12-19)26-21(17-18-9-3-1-4-10-18)23(28)25-16-14-20-13-7-8-15-24-20/h1-13,15,21H,14,16-17H2,(H,25,28)(H,26,27)/t21-/m0/s1. The van der Waals surface area contributed by atoms with Gasteiger partial charge in [-0.1, -0.05) is 54.6 Å². The SMILES string of the molecule is O=C(N[C@@H](Cc1ccccc1)C(=O)NCCc1ccccn1)c1ccccc1. The highest BCUT2D eigenvalue weighted by Crippen LogP contribution is 2.06. The molecule has 5 nitrogen and oxygen atoms in total. The first-order chi connectivity index (χ1) is 13.7. The number of rotatable bonds is 8. The molecule has 2 N–H and O–H groups in total. The second kappa shape index (κ2) is 10.0. The molecular weight excluding hydrogens is 350 g/mol. The molecule has 0 aliphatic carbocycles. The lowest BCUT2D eigenvalue weighted by Crippen LogP contribution is -2.48. The van der Waals surface area contributed by atoms with Crippen molar-refractivity contribution in [3.8, 4) is 0 Å². The van der Waals surface area contributed by atoms with Gasteiger partial charge in [0, 0.05) is 36.8 Å². The van der Waals surface area contributed by atoms with Crippen LogP contribution in [-0.4, -0.2) is 29.4 Å². The van der Waals surface area contributed by atoms with E-state index in [-0.39, 0.29) is 11.8 Å². The minimum absolute atomic E-state index is 0.205. The van der Waals surface area contributed by atoms with E-state index in [2.05, 4.69) is 15.6 Å². The smallest absolute Gasteiger partial charge is 0.251 e. The first-order valence-electron chi connectivity index (χ1n) is 9.30. The van der Waals surface area contributed by atoms with Crippen LogP contribution < -0.4 is 10.6 Å². The van der Waals surface area contributed by atoms with Gasteiger partial charge in [0.25, 0.3) is 5.91 Å². The molecule has 0 radical (unpaired) electrons. The molecule has 3 aromatic rings. The first kappa shape index (κ1) is 19.3. The minimum atomic E-state index is -0.654. The van der Waals surface area contributed by atoms with Crippen molar-refractivity contribution in [1.29, 1.82) is 0 Å². The zero-order valence-electron chi connectivity index (χ0n) is 15.5. The van der Waals surface area contributed by atoms with Crippen molar-refractivity contribution in [1.82, 2.24) is 15.6 Å². The van der Waals surface area contributed by atoms with Gasteiger partial charge in [-0.15, -0.1) is 0 Å². The van der Waals surface area contributed by atoms with E-state index in [1.165, 1.54) is 0 Å². The van der Waals surface area contributed by atoms with E-state index in [1.807, 2.05) is 54.6 Å². The van der Waals surface area contributed by atoms with Gasteiger partial charge in [0.2, 0.25) is 5.91 Å². The van der Waals surface area contributed by atoms with Crippen LogP contribution in [-0.2, 0) is 17.6 Å². The van der Waals surface area contributed by atoms with Gasteiger partial charge in [0.15, 0.2) is 0 Å². The van der Waals surface area contributed by atoms with Gasteiger partial charge in [-0.05, 0) is 29.8 Å². The second-order valence-electron chi connectivity index (χ2n) is 6.44. The van der Waals surface area contributed by atoms with Crippen molar-refractivity contribution in [2.75, 3.05) is 6.54 Å². The Morgan fingerprint density at radius 2 is 1.54 bits per heavy atom. The number of carbonyl (C=O) groups excluding carboxylic acids is 2. The molecule has 2 amide bonds. The summed E-state index contributed by atoms with van der Waals surface area (Å²) in [7, 11) is 0. The average molecular weight is 373 g/mol. The maximum absolute atomic E-state index is 12.8. The number of carbonyl (C=O) groups is 2. The third kappa shape index (κ3) is 5.77. The highest BCUT2D eigenvalue weighted by atomic mass is 16.2. The lowest BCUT2D eigenvalue weighted by atomic mass is 10.0. The van der Waals surface area contributed by atoms with Gasteiger partial charge in [0.1, 0.15) is 6.04 Å². The maximum Gasteiger partial charge on any atom is 0.251 e. The van der Waals surface area contributed by atoms with Crippen molar-refractivity contribution in [3.63, 3.8) is 0 Å². The Kier molecular flexibility index (Phi) is 6.90. The number of hydrogen-bond acceptors (Lipinski definition) is 3. The van der Waals surface area contributed by atoms with E-state index < -0.39 is 6.04 Å². The van der Waals surface area contributed by atoms with Gasteiger partial charge >= 0.3 is 0 Å². The number of hydrogen-bond donors (Lipinski definition) is 2. The lowest BCUT2D eigenvalue weighted by Gasteiger charge is -2.19. The molecule has 5 heteroatoms. The summed E-state index contributed by atoms with van der Waals surface area (Å²) in [6, 6.07) is 23.6. The van der Waals surface area contributed by atoms with Gasteiger partial charge in [0.05, 0.1) is 0 Å². The molecule has 0 aliphatic rings. The average Bonchev–Trinajstić information content (AvgIpc) is 2.75. The molecule has 2 aromatic carbocycles. The van der Waals surface area contributed by atoms with E-state index in [4.69, 9.17) is 0 Å². The molecule has 3 rings (SSSR count). The lowest BCUT2D eigenvalue weighted by molar-refractivity contribution is -0.122. The van der Waals surface area contributed by atoms with Crippen LogP contribution in [0.4, 0.5) is 0 Å². The highest BCUT2D eigenvalue weighted by Gasteiger charge is 2.21. The Bertz CT molecular complexity index is 883. The van der Waals surface area contributed by atoms with Crippen LogP contribution in [0.25, 0.3) is 0 Å². The van der Waals surface area contributed by atoms with E-state index in [1.54, 1.807) is 30.5 Å². The van der Waals surface area contributed by atoms with Crippen LogP contribution in [0.3, 0.4) is 0 Å². The normalized spacial score (nSPS) is 11.4. The number of nitrogens with zero attached hydrogens (tertiary/aromatic N) is 1. The van der Waals surface area contributed by atoms with E-state index in [9.17, 15) is 9.59 Å². The zero-order valence-corrected chi connectivity index (χ0v) is 15.5. The Balaban J connectivity index is 1.64. The number of benzene rings is 2. The fraction of sp³-hybridized carbons (Fsp3) is 0.174. The summed E-state index contributed by atoms with van der Waals surface area (Å²) in [6.07, 6.45) is 2.79. The van der Waals surface area contributed by atoms with Crippen molar-refractivity contribution < 1.29 is 9.59 Å². The summed E-state index contributed by atoms with van der Waals surface area (Å²) in [6.45, 7) is 0.461. The summed E-state index contributed by atoms with van der Waals surface area (Å²) < 4.78 is 0. The molecule has 0 saturated heterocycles. The van der Waals surface area contributed by atoms with E-state index in [0.29, 0.717) is 24.9 Å². The molecule has 0 bridgehead atoms. The zero-order chi connectivity index (χ0) is 19.6. The summed E-state index contributed by atoms with van der Waals surface area (Å²) in [5, 5.41) is 5.78. The third-order valence-electron chi connectivity index (χ3n) is 4.35. The van der Waals surface area contributed by atoms with Crippen LogP contribution in [0.5, 0.6) is 0 Å². The Morgan fingerprint density at radius 3 is 2.21 bits per heavy atom. The molecule has 1 atom stereocenters. The van der Waals surface area contributed by atoms with Gasteiger partial charge in [-0.3, -0.25) is 14.6 Å². The number of nitrogens with one attached hydrogen (secondary N) is 2. The van der Waals surface area contributed by atoms with E-state index >= 15 is 0 Å². The second-order valence-corrected chi connectivity index (χ2v) is 6.44. The number of aromatic nitrogens is 1. The van der Waals surface area contributed by atoms with E-state index in [0.717, 1.165) is 11.3 Å². The van der Waals surface area contributed by atoms with Crippen LogP contribution in [0.1, 0.15) is 21.6 Å². The summed E-state index contributed by atoms with van der Waals surface area (Å²) in [5.41, 5.74) is 2.43. The summed E-state index contributed by atoms with van der Waals surface area (Å²) in [4.78, 5) is 29.6. The molecule has 1 aromatic heterocycles. The number of pyridine rings is 1. The molecule has 142 valence electrons.